The number of amides is 1. The van der Waals surface area contributed by atoms with Crippen molar-refractivity contribution in [1.82, 2.24) is 4.90 Å². The Bertz CT molecular complexity index is 414. The van der Waals surface area contributed by atoms with Crippen LogP contribution in [0.25, 0.3) is 0 Å². The van der Waals surface area contributed by atoms with E-state index in [2.05, 4.69) is 0 Å². The summed E-state index contributed by atoms with van der Waals surface area (Å²) in [5.41, 5.74) is 6.14. The van der Waals surface area contributed by atoms with Crippen LogP contribution in [0, 0.1) is 5.92 Å². The van der Waals surface area contributed by atoms with Crippen molar-refractivity contribution in [2.24, 2.45) is 11.7 Å². The number of nitrogens with zero attached hydrogens (tertiary/aromatic N) is 1. The van der Waals surface area contributed by atoms with Gasteiger partial charge >= 0.3 is 0 Å². The van der Waals surface area contributed by atoms with Crippen molar-refractivity contribution >= 4 is 40.4 Å². The highest BCUT2D eigenvalue weighted by molar-refractivity contribution is 7.20. The molecule has 2 N–H and O–H groups in total. The summed E-state index contributed by atoms with van der Waals surface area (Å²) < 4.78 is 1.02. The molecule has 1 aromatic rings. The fourth-order valence-electron chi connectivity index (χ4n) is 2.03. The highest BCUT2D eigenvalue weighted by Crippen LogP contribution is 2.32. The number of thiophene rings is 1. The van der Waals surface area contributed by atoms with Gasteiger partial charge in [-0.3, -0.25) is 4.79 Å². The summed E-state index contributed by atoms with van der Waals surface area (Å²) in [4.78, 5) is 14.0. The van der Waals surface area contributed by atoms with Crippen molar-refractivity contribution in [3.8, 4) is 0 Å². The highest BCUT2D eigenvalue weighted by Gasteiger charge is 2.25. The van der Waals surface area contributed by atoms with Crippen LogP contribution >= 0.6 is 34.5 Å². The molecule has 1 aliphatic rings. The second-order valence-electron chi connectivity index (χ2n) is 4.21. The molecule has 94 valence electrons. The van der Waals surface area contributed by atoms with Gasteiger partial charge in [0.05, 0.1) is 9.90 Å². The maximum atomic E-state index is 12.2. The number of likely N-dealkylation sites (tertiary alicyclic amines) is 1. The van der Waals surface area contributed by atoms with Crippen LogP contribution in [0.5, 0.6) is 0 Å². The average molecular weight is 293 g/mol. The van der Waals surface area contributed by atoms with Crippen molar-refractivity contribution < 1.29 is 4.79 Å². The zero-order valence-corrected chi connectivity index (χ0v) is 11.6. The summed E-state index contributed by atoms with van der Waals surface area (Å²) in [7, 11) is 0. The molecule has 3 nitrogen and oxygen atoms in total. The van der Waals surface area contributed by atoms with Crippen molar-refractivity contribution in [2.75, 3.05) is 19.6 Å². The first kappa shape index (κ1) is 13.1. The van der Waals surface area contributed by atoms with Crippen LogP contribution in [0.15, 0.2) is 6.07 Å². The summed E-state index contributed by atoms with van der Waals surface area (Å²) >= 11 is 13.1. The Morgan fingerprint density at radius 3 is 2.59 bits per heavy atom. The van der Waals surface area contributed by atoms with Gasteiger partial charge in [0.2, 0.25) is 0 Å². The molecule has 2 rings (SSSR count). The number of carbonyl (C=O) groups is 1. The summed E-state index contributed by atoms with van der Waals surface area (Å²) in [6.45, 7) is 2.21. The maximum absolute atomic E-state index is 12.2. The summed E-state index contributed by atoms with van der Waals surface area (Å²) in [6.07, 6.45) is 1.94. The Morgan fingerprint density at radius 1 is 1.47 bits per heavy atom. The fraction of sp³-hybridized carbons (Fsp3) is 0.545. The van der Waals surface area contributed by atoms with E-state index in [-0.39, 0.29) is 5.91 Å². The maximum Gasteiger partial charge on any atom is 0.256 e. The van der Waals surface area contributed by atoms with Gasteiger partial charge in [0.15, 0.2) is 0 Å². The van der Waals surface area contributed by atoms with Crippen LogP contribution in [0.1, 0.15) is 23.2 Å². The molecule has 0 atom stereocenters. The van der Waals surface area contributed by atoms with Gasteiger partial charge < -0.3 is 10.6 Å². The third-order valence-corrected chi connectivity index (χ3v) is 4.61. The lowest BCUT2D eigenvalue weighted by Gasteiger charge is -2.31. The number of rotatable bonds is 2. The minimum atomic E-state index is -0.0198. The van der Waals surface area contributed by atoms with Crippen LogP contribution in [-0.4, -0.2) is 30.4 Å². The van der Waals surface area contributed by atoms with Gasteiger partial charge in [-0.15, -0.1) is 11.3 Å². The molecule has 0 spiro atoms. The van der Waals surface area contributed by atoms with E-state index in [4.69, 9.17) is 28.9 Å². The fourth-order valence-corrected chi connectivity index (χ4v) is 3.48. The van der Waals surface area contributed by atoms with E-state index in [9.17, 15) is 4.79 Å². The minimum absolute atomic E-state index is 0.0198. The molecule has 1 aliphatic heterocycles. The van der Waals surface area contributed by atoms with Crippen LogP contribution in [0.3, 0.4) is 0 Å². The van der Waals surface area contributed by atoms with Crippen LogP contribution in [0.4, 0.5) is 0 Å². The van der Waals surface area contributed by atoms with Gasteiger partial charge in [-0.25, -0.2) is 0 Å². The van der Waals surface area contributed by atoms with Crippen molar-refractivity contribution in [3.63, 3.8) is 0 Å². The number of nitrogens with two attached hydrogens (primary N) is 1. The average Bonchev–Trinajstić information content (AvgIpc) is 2.68. The van der Waals surface area contributed by atoms with E-state index < -0.39 is 0 Å². The molecule has 6 heteroatoms. The minimum Gasteiger partial charge on any atom is -0.339 e. The molecule has 0 bridgehead atoms. The molecule has 0 aromatic carbocycles. The molecular formula is C11H14Cl2N2OS. The van der Waals surface area contributed by atoms with E-state index >= 15 is 0 Å². The molecule has 0 saturated carbocycles. The molecule has 1 fully saturated rings. The second-order valence-corrected chi connectivity index (χ2v) is 6.49. The standard InChI is InChI=1S/C11H14Cl2N2OS/c12-9-5-8(10(13)17-9)11(16)15-3-1-7(6-14)2-4-15/h5,7H,1-4,6,14H2. The Hall–Kier alpha value is -0.290. The summed E-state index contributed by atoms with van der Waals surface area (Å²) in [5.74, 6) is 0.522. The molecule has 0 radical (unpaired) electrons. The Morgan fingerprint density at radius 2 is 2.12 bits per heavy atom. The lowest BCUT2D eigenvalue weighted by atomic mass is 9.97. The summed E-state index contributed by atoms with van der Waals surface area (Å²) in [6, 6.07) is 1.64. The topological polar surface area (TPSA) is 46.3 Å². The van der Waals surface area contributed by atoms with Gasteiger partial charge in [-0.1, -0.05) is 23.2 Å². The van der Waals surface area contributed by atoms with Crippen LogP contribution in [-0.2, 0) is 0 Å². The molecule has 1 amide bonds. The Balaban J connectivity index is 2.04. The number of halogens is 2. The van der Waals surface area contributed by atoms with Gasteiger partial charge in [0.25, 0.3) is 5.91 Å². The quantitative estimate of drug-likeness (QED) is 0.911. The van der Waals surface area contributed by atoms with Crippen molar-refractivity contribution in [3.05, 3.63) is 20.3 Å². The number of carbonyl (C=O) groups excluding carboxylic acids is 1. The molecule has 0 aliphatic carbocycles. The molecule has 2 heterocycles. The first-order valence-electron chi connectivity index (χ1n) is 5.56. The van der Waals surface area contributed by atoms with Crippen LogP contribution in [0.2, 0.25) is 8.67 Å². The first-order chi connectivity index (χ1) is 8.11. The predicted molar refractivity (Wildman–Crippen MR) is 72.0 cm³/mol. The SMILES string of the molecule is NCC1CCN(C(=O)c2cc(Cl)sc2Cl)CC1. The van der Waals surface area contributed by atoms with E-state index in [1.54, 1.807) is 6.07 Å². The van der Waals surface area contributed by atoms with E-state index in [0.717, 1.165) is 25.9 Å². The van der Waals surface area contributed by atoms with Gasteiger partial charge in [0, 0.05) is 13.1 Å². The number of hydrogen-bond acceptors (Lipinski definition) is 3. The third-order valence-electron chi connectivity index (χ3n) is 3.12. The normalized spacial score (nSPS) is 17.5. The molecule has 1 saturated heterocycles. The van der Waals surface area contributed by atoms with Crippen molar-refractivity contribution in [2.45, 2.75) is 12.8 Å². The zero-order chi connectivity index (χ0) is 12.4. The monoisotopic (exact) mass is 292 g/mol. The molecule has 1 aromatic heterocycles. The third kappa shape index (κ3) is 2.94. The lowest BCUT2D eigenvalue weighted by Crippen LogP contribution is -2.40. The number of hydrogen-bond donors (Lipinski definition) is 1. The predicted octanol–water partition coefficient (Wildman–Crippen LogP) is 2.87. The summed E-state index contributed by atoms with van der Waals surface area (Å²) in [5, 5.41) is 0. The smallest absolute Gasteiger partial charge is 0.256 e. The van der Waals surface area contributed by atoms with E-state index in [1.807, 2.05) is 4.90 Å². The van der Waals surface area contributed by atoms with E-state index in [1.165, 1.54) is 11.3 Å². The van der Waals surface area contributed by atoms with Crippen LogP contribution < -0.4 is 5.73 Å². The Kier molecular flexibility index (Phi) is 4.31. The van der Waals surface area contributed by atoms with E-state index in [0.29, 0.717) is 26.7 Å². The second kappa shape index (κ2) is 5.57. The van der Waals surface area contributed by atoms with Gasteiger partial charge in [-0.05, 0) is 31.4 Å². The van der Waals surface area contributed by atoms with Gasteiger partial charge in [-0.2, -0.15) is 0 Å². The number of piperidine rings is 1. The Labute approximate surface area is 114 Å². The zero-order valence-electron chi connectivity index (χ0n) is 9.29. The largest absolute Gasteiger partial charge is 0.339 e. The first-order valence-corrected chi connectivity index (χ1v) is 7.13. The molecular weight excluding hydrogens is 279 g/mol. The molecule has 17 heavy (non-hydrogen) atoms. The molecule has 0 unspecified atom stereocenters. The lowest BCUT2D eigenvalue weighted by molar-refractivity contribution is 0.0694. The highest BCUT2D eigenvalue weighted by atomic mass is 35.5. The van der Waals surface area contributed by atoms with Crippen molar-refractivity contribution in [1.29, 1.82) is 0 Å². The van der Waals surface area contributed by atoms with Gasteiger partial charge in [0.1, 0.15) is 4.34 Å².